The van der Waals surface area contributed by atoms with Gasteiger partial charge in [-0.25, -0.2) is 0 Å². The molecule has 2 N–H and O–H groups in total. The zero-order valence-electron chi connectivity index (χ0n) is 14.2. The number of carbonyl (C=O) groups is 2. The van der Waals surface area contributed by atoms with Crippen molar-refractivity contribution in [3.63, 3.8) is 0 Å². The summed E-state index contributed by atoms with van der Waals surface area (Å²) in [5.41, 5.74) is -0.498. The summed E-state index contributed by atoms with van der Waals surface area (Å²) >= 11 is 0. The van der Waals surface area contributed by atoms with E-state index in [1.54, 1.807) is 7.05 Å². The van der Waals surface area contributed by atoms with E-state index in [1.165, 1.54) is 0 Å². The van der Waals surface area contributed by atoms with Gasteiger partial charge in [-0.1, -0.05) is 6.92 Å². The SMILES string of the molecule is CCC(=O)N1CCC(NC(=NC)NCC(=O)OC(C)(C)C)C1. The molecule has 22 heavy (non-hydrogen) atoms. The lowest BCUT2D eigenvalue weighted by Crippen LogP contribution is -2.47. The molecular weight excluding hydrogens is 284 g/mol. The molecule has 0 aromatic rings. The summed E-state index contributed by atoms with van der Waals surface area (Å²) in [6, 6.07) is 0.153. The van der Waals surface area contributed by atoms with Crippen LogP contribution in [0.15, 0.2) is 4.99 Å². The van der Waals surface area contributed by atoms with E-state index in [0.29, 0.717) is 18.9 Å². The Morgan fingerprint density at radius 1 is 1.36 bits per heavy atom. The van der Waals surface area contributed by atoms with E-state index >= 15 is 0 Å². The molecule has 1 rings (SSSR count). The molecule has 1 amide bonds. The molecule has 1 fully saturated rings. The molecule has 0 bridgehead atoms. The van der Waals surface area contributed by atoms with Gasteiger partial charge in [0.15, 0.2) is 5.96 Å². The van der Waals surface area contributed by atoms with Crippen LogP contribution in [0.25, 0.3) is 0 Å². The van der Waals surface area contributed by atoms with E-state index < -0.39 is 5.60 Å². The van der Waals surface area contributed by atoms with Crippen molar-refractivity contribution in [2.24, 2.45) is 4.99 Å². The Morgan fingerprint density at radius 3 is 2.59 bits per heavy atom. The highest BCUT2D eigenvalue weighted by Crippen LogP contribution is 2.10. The molecular formula is C15H28N4O3. The van der Waals surface area contributed by atoms with E-state index in [9.17, 15) is 9.59 Å². The average Bonchev–Trinajstić information content (AvgIpc) is 2.89. The number of hydrogen-bond acceptors (Lipinski definition) is 4. The van der Waals surface area contributed by atoms with Gasteiger partial charge in [-0.3, -0.25) is 14.6 Å². The second-order valence-electron chi connectivity index (χ2n) is 6.34. The van der Waals surface area contributed by atoms with Crippen LogP contribution in [0.1, 0.15) is 40.5 Å². The molecule has 1 heterocycles. The first-order valence-corrected chi connectivity index (χ1v) is 7.72. The second-order valence-corrected chi connectivity index (χ2v) is 6.34. The Labute approximate surface area is 132 Å². The molecule has 0 saturated carbocycles. The number of likely N-dealkylation sites (tertiary alicyclic amines) is 1. The van der Waals surface area contributed by atoms with Gasteiger partial charge >= 0.3 is 5.97 Å². The van der Waals surface area contributed by atoms with Crippen LogP contribution in [0.3, 0.4) is 0 Å². The topological polar surface area (TPSA) is 83.0 Å². The summed E-state index contributed by atoms with van der Waals surface area (Å²) < 4.78 is 5.23. The van der Waals surface area contributed by atoms with Gasteiger partial charge in [0.05, 0.1) is 0 Å². The zero-order chi connectivity index (χ0) is 16.8. The Hall–Kier alpha value is -1.79. The van der Waals surface area contributed by atoms with Crippen molar-refractivity contribution < 1.29 is 14.3 Å². The molecule has 0 aromatic heterocycles. The maximum atomic E-state index is 11.7. The summed E-state index contributed by atoms with van der Waals surface area (Å²) in [5.74, 6) is 0.382. The molecule has 7 nitrogen and oxygen atoms in total. The summed E-state index contributed by atoms with van der Waals surface area (Å²) in [7, 11) is 1.65. The van der Waals surface area contributed by atoms with Crippen LogP contribution in [-0.4, -0.2) is 61.1 Å². The van der Waals surface area contributed by atoms with Gasteiger partial charge in [0.25, 0.3) is 0 Å². The molecule has 0 radical (unpaired) electrons. The fraction of sp³-hybridized carbons (Fsp3) is 0.800. The normalized spacial score (nSPS) is 19.0. The van der Waals surface area contributed by atoms with Gasteiger partial charge in [-0.15, -0.1) is 0 Å². The minimum Gasteiger partial charge on any atom is -0.459 e. The lowest BCUT2D eigenvalue weighted by Gasteiger charge is -2.21. The number of aliphatic imine (C=N–C) groups is 1. The van der Waals surface area contributed by atoms with Gasteiger partial charge in [-0.05, 0) is 27.2 Å². The average molecular weight is 312 g/mol. The highest BCUT2D eigenvalue weighted by molar-refractivity contribution is 5.84. The van der Waals surface area contributed by atoms with Crippen molar-refractivity contribution in [2.45, 2.75) is 52.2 Å². The zero-order valence-corrected chi connectivity index (χ0v) is 14.2. The predicted octanol–water partition coefficient (Wildman–Crippen LogP) is 0.504. The van der Waals surface area contributed by atoms with Crippen molar-refractivity contribution in [2.75, 3.05) is 26.7 Å². The van der Waals surface area contributed by atoms with Crippen LogP contribution in [0.2, 0.25) is 0 Å². The summed E-state index contributed by atoms with van der Waals surface area (Å²) in [6.45, 7) is 8.83. The molecule has 1 unspecified atom stereocenters. The first-order valence-electron chi connectivity index (χ1n) is 7.72. The van der Waals surface area contributed by atoms with Crippen LogP contribution >= 0.6 is 0 Å². The highest BCUT2D eigenvalue weighted by atomic mass is 16.6. The van der Waals surface area contributed by atoms with Gasteiger partial charge in [0.1, 0.15) is 12.1 Å². The number of amides is 1. The van der Waals surface area contributed by atoms with Crippen LogP contribution < -0.4 is 10.6 Å². The lowest BCUT2D eigenvalue weighted by molar-refractivity contribution is -0.153. The van der Waals surface area contributed by atoms with E-state index in [-0.39, 0.29) is 24.5 Å². The third kappa shape index (κ3) is 6.32. The number of nitrogens with zero attached hydrogens (tertiary/aromatic N) is 2. The summed E-state index contributed by atoms with van der Waals surface area (Å²) in [5, 5.41) is 6.17. The predicted molar refractivity (Wildman–Crippen MR) is 85.6 cm³/mol. The molecule has 1 atom stereocenters. The largest absolute Gasteiger partial charge is 0.459 e. The Kier molecular flexibility index (Phi) is 6.64. The number of rotatable bonds is 4. The lowest BCUT2D eigenvalue weighted by atomic mass is 10.2. The van der Waals surface area contributed by atoms with Crippen molar-refractivity contribution in [1.82, 2.24) is 15.5 Å². The fourth-order valence-corrected chi connectivity index (χ4v) is 2.25. The van der Waals surface area contributed by atoms with Gasteiger partial charge in [-0.2, -0.15) is 0 Å². The monoisotopic (exact) mass is 312 g/mol. The smallest absolute Gasteiger partial charge is 0.325 e. The Balaban J connectivity index is 2.38. The molecule has 7 heteroatoms. The van der Waals surface area contributed by atoms with Gasteiger partial charge in [0.2, 0.25) is 5.91 Å². The van der Waals surface area contributed by atoms with E-state index in [2.05, 4.69) is 15.6 Å². The van der Waals surface area contributed by atoms with Gasteiger partial charge in [0, 0.05) is 32.6 Å². The standard InChI is InChI=1S/C15H28N4O3/c1-6-12(20)19-8-7-11(10-19)18-14(16-5)17-9-13(21)22-15(2,3)4/h11H,6-10H2,1-5H3,(H2,16,17,18). The van der Waals surface area contributed by atoms with Crippen LogP contribution in [0.4, 0.5) is 0 Å². The first kappa shape index (κ1) is 18.3. The van der Waals surface area contributed by atoms with E-state index in [0.717, 1.165) is 13.0 Å². The van der Waals surface area contributed by atoms with Crippen LogP contribution in [-0.2, 0) is 14.3 Å². The quantitative estimate of drug-likeness (QED) is 0.449. The van der Waals surface area contributed by atoms with E-state index in [1.807, 2.05) is 32.6 Å². The van der Waals surface area contributed by atoms with E-state index in [4.69, 9.17) is 4.74 Å². The number of hydrogen-bond donors (Lipinski definition) is 2. The number of ether oxygens (including phenoxy) is 1. The summed E-state index contributed by atoms with van der Waals surface area (Å²) in [4.78, 5) is 29.3. The number of esters is 1. The van der Waals surface area contributed by atoms with Crippen LogP contribution in [0, 0.1) is 0 Å². The van der Waals surface area contributed by atoms with Gasteiger partial charge < -0.3 is 20.3 Å². The van der Waals surface area contributed by atoms with Crippen molar-refractivity contribution in [3.05, 3.63) is 0 Å². The molecule has 1 aliphatic rings. The van der Waals surface area contributed by atoms with Crippen molar-refractivity contribution >= 4 is 17.8 Å². The first-order chi connectivity index (χ1) is 10.2. The maximum Gasteiger partial charge on any atom is 0.325 e. The Morgan fingerprint density at radius 2 is 2.05 bits per heavy atom. The number of nitrogens with one attached hydrogen (secondary N) is 2. The molecule has 0 spiro atoms. The third-order valence-corrected chi connectivity index (χ3v) is 3.23. The third-order valence-electron chi connectivity index (χ3n) is 3.23. The second kappa shape index (κ2) is 8.00. The molecule has 126 valence electrons. The number of guanidine groups is 1. The highest BCUT2D eigenvalue weighted by Gasteiger charge is 2.26. The van der Waals surface area contributed by atoms with Crippen molar-refractivity contribution in [3.8, 4) is 0 Å². The van der Waals surface area contributed by atoms with Crippen LogP contribution in [0.5, 0.6) is 0 Å². The molecule has 0 aromatic carbocycles. The molecule has 1 aliphatic heterocycles. The minimum atomic E-state index is -0.498. The fourth-order valence-electron chi connectivity index (χ4n) is 2.25. The molecule has 0 aliphatic carbocycles. The maximum absolute atomic E-state index is 11.7. The number of carbonyl (C=O) groups excluding carboxylic acids is 2. The summed E-state index contributed by atoms with van der Waals surface area (Å²) in [6.07, 6.45) is 1.40. The Bertz CT molecular complexity index is 429. The minimum absolute atomic E-state index is 0.0568. The molecule has 1 saturated heterocycles. The van der Waals surface area contributed by atoms with Crippen molar-refractivity contribution in [1.29, 1.82) is 0 Å².